The van der Waals surface area contributed by atoms with Crippen LogP contribution in [0.2, 0.25) is 0 Å². The van der Waals surface area contributed by atoms with E-state index in [0.717, 1.165) is 32.1 Å². The lowest BCUT2D eigenvalue weighted by Gasteiger charge is -2.38. The maximum absolute atomic E-state index is 4.88. The van der Waals surface area contributed by atoms with Crippen LogP contribution in [0, 0.1) is 5.41 Å². The first-order chi connectivity index (χ1) is 10.7. The fourth-order valence-corrected chi connectivity index (χ4v) is 3.80. The average molecular weight is 309 g/mol. The minimum Gasteiger partial charge on any atom is -0.357 e. The quantitative estimate of drug-likeness (QED) is 0.425. The van der Waals surface area contributed by atoms with Gasteiger partial charge >= 0.3 is 0 Å². The van der Waals surface area contributed by atoms with Gasteiger partial charge in [0.1, 0.15) is 0 Å². The summed E-state index contributed by atoms with van der Waals surface area (Å²) in [4.78, 5) is 9.88. The van der Waals surface area contributed by atoms with E-state index < -0.39 is 0 Å². The molecule has 0 bridgehead atoms. The van der Waals surface area contributed by atoms with Crippen LogP contribution in [0.5, 0.6) is 0 Å². The third-order valence-electron chi connectivity index (χ3n) is 5.53. The molecule has 0 aromatic heterocycles. The zero-order valence-electron chi connectivity index (χ0n) is 15.0. The monoisotopic (exact) mass is 308 g/mol. The summed E-state index contributed by atoms with van der Waals surface area (Å²) in [6, 6.07) is 0. The Balaban J connectivity index is 1.73. The van der Waals surface area contributed by atoms with Crippen LogP contribution in [0.15, 0.2) is 4.99 Å². The number of unbranched alkanes of at least 4 members (excludes halogenated alkanes) is 1. The van der Waals surface area contributed by atoms with Gasteiger partial charge in [0.25, 0.3) is 0 Å². The Morgan fingerprint density at radius 2 is 1.91 bits per heavy atom. The predicted molar refractivity (Wildman–Crippen MR) is 95.5 cm³/mol. The smallest absolute Gasteiger partial charge is 0.193 e. The van der Waals surface area contributed by atoms with E-state index in [0.29, 0.717) is 5.41 Å². The van der Waals surface area contributed by atoms with Gasteiger partial charge in [-0.25, -0.2) is 0 Å². The SMILES string of the molecule is CCNC(=NCCCCN(CC)CC)N1CCC2(CCC2)C1. The number of rotatable bonds is 8. The topological polar surface area (TPSA) is 30.9 Å². The van der Waals surface area contributed by atoms with Gasteiger partial charge in [0.2, 0.25) is 0 Å². The molecule has 22 heavy (non-hydrogen) atoms. The molecule has 0 radical (unpaired) electrons. The van der Waals surface area contributed by atoms with Gasteiger partial charge in [0.05, 0.1) is 0 Å². The van der Waals surface area contributed by atoms with E-state index in [-0.39, 0.29) is 0 Å². The molecule has 2 fully saturated rings. The zero-order chi connectivity index (χ0) is 15.8. The van der Waals surface area contributed by atoms with Gasteiger partial charge in [0, 0.05) is 26.2 Å². The summed E-state index contributed by atoms with van der Waals surface area (Å²) in [5.74, 6) is 1.16. The number of hydrogen-bond acceptors (Lipinski definition) is 2. The van der Waals surface area contributed by atoms with Crippen LogP contribution in [0.1, 0.15) is 59.3 Å². The Morgan fingerprint density at radius 3 is 2.45 bits per heavy atom. The van der Waals surface area contributed by atoms with Crippen molar-refractivity contribution in [1.29, 1.82) is 0 Å². The number of likely N-dealkylation sites (tertiary alicyclic amines) is 1. The Hall–Kier alpha value is -0.770. The summed E-state index contributed by atoms with van der Waals surface area (Å²) >= 11 is 0. The van der Waals surface area contributed by atoms with Crippen LogP contribution in [-0.4, -0.2) is 61.6 Å². The highest BCUT2D eigenvalue weighted by Gasteiger charge is 2.43. The molecule has 128 valence electrons. The Labute approximate surface area is 137 Å². The zero-order valence-corrected chi connectivity index (χ0v) is 15.0. The predicted octanol–water partition coefficient (Wildman–Crippen LogP) is 2.95. The summed E-state index contributed by atoms with van der Waals surface area (Å²) in [6.07, 6.45) is 8.14. The van der Waals surface area contributed by atoms with Crippen molar-refractivity contribution < 1.29 is 0 Å². The van der Waals surface area contributed by atoms with E-state index >= 15 is 0 Å². The van der Waals surface area contributed by atoms with Crippen LogP contribution >= 0.6 is 0 Å². The van der Waals surface area contributed by atoms with Crippen LogP contribution in [0.4, 0.5) is 0 Å². The van der Waals surface area contributed by atoms with Crippen LogP contribution in [0.3, 0.4) is 0 Å². The van der Waals surface area contributed by atoms with Crippen LogP contribution in [-0.2, 0) is 0 Å². The van der Waals surface area contributed by atoms with Gasteiger partial charge in [-0.3, -0.25) is 4.99 Å². The van der Waals surface area contributed by atoms with Crippen molar-refractivity contribution in [2.45, 2.75) is 59.3 Å². The molecule has 2 rings (SSSR count). The minimum absolute atomic E-state index is 0.652. The van der Waals surface area contributed by atoms with E-state index in [2.05, 4.69) is 35.9 Å². The summed E-state index contributed by atoms with van der Waals surface area (Å²) in [5, 5.41) is 3.50. The molecular formula is C18H36N4. The third kappa shape index (κ3) is 4.61. The van der Waals surface area contributed by atoms with E-state index in [1.54, 1.807) is 0 Å². The van der Waals surface area contributed by atoms with E-state index in [1.165, 1.54) is 58.2 Å². The van der Waals surface area contributed by atoms with Crippen LogP contribution < -0.4 is 5.32 Å². The number of aliphatic imine (C=N–C) groups is 1. The van der Waals surface area contributed by atoms with Gasteiger partial charge in [-0.1, -0.05) is 20.3 Å². The normalized spacial score (nSPS) is 20.7. The fourth-order valence-electron chi connectivity index (χ4n) is 3.80. The second-order valence-electron chi connectivity index (χ2n) is 6.99. The number of hydrogen-bond donors (Lipinski definition) is 1. The second-order valence-corrected chi connectivity index (χ2v) is 6.99. The largest absolute Gasteiger partial charge is 0.357 e. The molecule has 1 heterocycles. The van der Waals surface area contributed by atoms with Gasteiger partial charge < -0.3 is 15.1 Å². The van der Waals surface area contributed by atoms with Crippen molar-refractivity contribution in [3.63, 3.8) is 0 Å². The number of guanidine groups is 1. The van der Waals surface area contributed by atoms with Crippen molar-refractivity contribution in [2.75, 3.05) is 45.8 Å². The van der Waals surface area contributed by atoms with Crippen molar-refractivity contribution in [2.24, 2.45) is 10.4 Å². The summed E-state index contributed by atoms with van der Waals surface area (Å²) < 4.78 is 0. The molecule has 1 aliphatic carbocycles. The third-order valence-corrected chi connectivity index (χ3v) is 5.53. The first kappa shape index (κ1) is 17.6. The first-order valence-electron chi connectivity index (χ1n) is 9.48. The lowest BCUT2D eigenvalue weighted by molar-refractivity contribution is 0.151. The molecule has 4 nitrogen and oxygen atoms in total. The highest BCUT2D eigenvalue weighted by Crippen LogP contribution is 2.47. The Morgan fingerprint density at radius 1 is 1.14 bits per heavy atom. The molecule has 0 aromatic rings. The molecule has 4 heteroatoms. The van der Waals surface area contributed by atoms with E-state index in [1.807, 2.05) is 0 Å². The van der Waals surface area contributed by atoms with Crippen LogP contribution in [0.25, 0.3) is 0 Å². The standard InChI is InChI=1S/C18H36N4/c1-4-19-17(20-13-7-8-14-21(5-2)6-3)22-15-12-18(16-22)10-9-11-18/h4-16H2,1-3H3,(H,19,20). The number of nitrogens with zero attached hydrogens (tertiary/aromatic N) is 3. The highest BCUT2D eigenvalue weighted by molar-refractivity contribution is 5.80. The first-order valence-corrected chi connectivity index (χ1v) is 9.48. The Bertz CT molecular complexity index is 345. The molecule has 0 atom stereocenters. The molecule has 0 aromatic carbocycles. The molecular weight excluding hydrogens is 272 g/mol. The van der Waals surface area contributed by atoms with Crippen molar-refractivity contribution in [1.82, 2.24) is 15.1 Å². The maximum Gasteiger partial charge on any atom is 0.193 e. The molecule has 1 saturated carbocycles. The molecule has 1 N–H and O–H groups in total. The minimum atomic E-state index is 0.652. The maximum atomic E-state index is 4.88. The highest BCUT2D eigenvalue weighted by atomic mass is 15.3. The molecule has 0 amide bonds. The van der Waals surface area contributed by atoms with Gasteiger partial charge in [-0.15, -0.1) is 0 Å². The molecule has 1 saturated heterocycles. The summed E-state index contributed by atoms with van der Waals surface area (Å²) in [5.41, 5.74) is 0.652. The average Bonchev–Trinajstić information content (AvgIpc) is 2.95. The van der Waals surface area contributed by atoms with Crippen molar-refractivity contribution in [3.8, 4) is 0 Å². The van der Waals surface area contributed by atoms with Crippen molar-refractivity contribution in [3.05, 3.63) is 0 Å². The van der Waals surface area contributed by atoms with Gasteiger partial charge in [-0.2, -0.15) is 0 Å². The van der Waals surface area contributed by atoms with E-state index in [4.69, 9.17) is 4.99 Å². The lowest BCUT2D eigenvalue weighted by atomic mass is 9.68. The molecule has 1 spiro atoms. The Kier molecular flexibility index (Phi) is 7.00. The molecule has 0 unspecified atom stereocenters. The van der Waals surface area contributed by atoms with Gasteiger partial charge in [0.15, 0.2) is 5.96 Å². The fraction of sp³-hybridized carbons (Fsp3) is 0.944. The number of nitrogens with one attached hydrogen (secondary N) is 1. The van der Waals surface area contributed by atoms with Crippen molar-refractivity contribution >= 4 is 5.96 Å². The lowest BCUT2D eigenvalue weighted by Crippen LogP contribution is -2.42. The molecule has 2 aliphatic rings. The van der Waals surface area contributed by atoms with E-state index in [9.17, 15) is 0 Å². The second kappa shape index (κ2) is 8.76. The molecule has 1 aliphatic heterocycles. The van der Waals surface area contributed by atoms with Gasteiger partial charge in [-0.05, 0) is 64.1 Å². The summed E-state index contributed by atoms with van der Waals surface area (Å²) in [7, 11) is 0. The summed E-state index contributed by atoms with van der Waals surface area (Å²) in [6.45, 7) is 14.6.